The van der Waals surface area contributed by atoms with Crippen LogP contribution in [-0.2, 0) is 21.7 Å². The van der Waals surface area contributed by atoms with E-state index in [0.29, 0.717) is 17.5 Å². The van der Waals surface area contributed by atoms with Gasteiger partial charge in [0, 0.05) is 102 Å². The molecular weight excluding hydrogens is 1280 g/mol. The molecule has 4 heterocycles. The molecule has 7 heteroatoms. The van der Waals surface area contributed by atoms with E-state index in [0.717, 1.165) is 61.3 Å². The van der Waals surface area contributed by atoms with Gasteiger partial charge in [-0.15, -0.1) is 22.7 Å². The zero-order valence-corrected chi connectivity index (χ0v) is 59.9. The lowest BCUT2D eigenvalue weighted by Gasteiger charge is -2.49. The Balaban J connectivity index is 0.000000142. The highest BCUT2D eigenvalue weighted by Gasteiger charge is 2.49. The zero-order chi connectivity index (χ0) is 69.0. The van der Waals surface area contributed by atoms with Crippen LogP contribution in [0.25, 0.3) is 151 Å². The summed E-state index contributed by atoms with van der Waals surface area (Å²) in [6.45, 7) is 19.5. The Morgan fingerprint density at radius 1 is 0.294 bits per heavy atom. The summed E-state index contributed by atoms with van der Waals surface area (Å²) in [5.41, 5.74) is 21.4. The van der Waals surface area contributed by atoms with E-state index >= 15 is 0 Å². The summed E-state index contributed by atoms with van der Waals surface area (Å²) in [5.74, 6) is 1.99. The predicted octanol–water partition coefficient (Wildman–Crippen LogP) is 27.1. The number of para-hydroxylation sites is 2. The van der Waals surface area contributed by atoms with Crippen molar-refractivity contribution in [3.63, 3.8) is 0 Å². The molecule has 0 spiro atoms. The van der Waals surface area contributed by atoms with E-state index in [4.69, 9.17) is 19.4 Å². The average molecular weight is 1350 g/mol. The third-order valence-corrected chi connectivity index (χ3v) is 25.8. The first kappa shape index (κ1) is 61.7. The molecule has 18 aromatic rings. The average Bonchev–Trinajstić information content (AvgIpc) is 1.21. The van der Waals surface area contributed by atoms with E-state index in [1.54, 1.807) is 0 Å². The van der Waals surface area contributed by atoms with E-state index in [1.165, 1.54) is 112 Å². The molecule has 0 aliphatic heterocycles. The Labute approximate surface area is 601 Å². The molecule has 0 amide bonds. The number of aromatic nitrogens is 3. The number of thiophene rings is 2. The van der Waals surface area contributed by atoms with Crippen LogP contribution in [0.1, 0.15) is 77.6 Å². The molecule has 0 unspecified atom stereocenters. The van der Waals surface area contributed by atoms with Gasteiger partial charge in [-0.05, 0) is 161 Å². The van der Waals surface area contributed by atoms with Crippen LogP contribution in [0.15, 0.2) is 296 Å². The summed E-state index contributed by atoms with van der Waals surface area (Å²) in [4.78, 5) is 17.1. The largest absolute Gasteiger partial charge is 0.456 e. The van der Waals surface area contributed by atoms with E-state index in [-0.39, 0.29) is 21.7 Å². The summed E-state index contributed by atoms with van der Waals surface area (Å²) in [7, 11) is 0. The maximum absolute atomic E-state index is 6.37. The number of furan rings is 1. The fraction of sp³-hybridized carbons (Fsp3) is 0.126. The lowest BCUT2D eigenvalue weighted by Crippen LogP contribution is -2.43. The molecule has 0 radical (unpaired) electrons. The van der Waals surface area contributed by atoms with Crippen molar-refractivity contribution in [2.45, 2.75) is 77.0 Å². The van der Waals surface area contributed by atoms with Gasteiger partial charge in [-0.3, -0.25) is 0 Å². The summed E-state index contributed by atoms with van der Waals surface area (Å²) >= 11 is 3.85. The standard InChI is InChI=1S/C49H37N3S.C46H35NOS/c1-48(2)41-29-43-40(28-38(41)37-25-23-31-13-11-12-18-36(31)44(37)49(48,3)4)39-27-35(24-26-42(39)53-43)30-19-21-34(22-20-30)47-51-45(32-14-7-5-8-15-32)50-46(52-47)33-16-9-6-10-17-33;1-45(2)37-20-12-10-19-35(37)41-33-17-8-9-18-34(33)42-36-26-29(23-25-40(36)49-44(42)43(41)46(45,3)4)47(28-14-6-5-7-15-28)30-22-24-32-31-16-11-13-21-38(31)48-39(32)27-30/h5-29H,1-4H3;5-27H,1-4H3. The molecule has 4 aromatic heterocycles. The maximum Gasteiger partial charge on any atom is 0.164 e. The van der Waals surface area contributed by atoms with Gasteiger partial charge in [0.15, 0.2) is 17.5 Å². The second-order valence-corrected chi connectivity index (χ2v) is 31.9. The molecule has 0 atom stereocenters. The molecular formula is C95H72N4OS2. The van der Waals surface area contributed by atoms with Gasteiger partial charge in [0.05, 0.1) is 0 Å². The molecule has 0 saturated heterocycles. The molecule has 0 saturated carbocycles. The van der Waals surface area contributed by atoms with Crippen molar-refractivity contribution in [2.75, 3.05) is 4.90 Å². The molecule has 0 fully saturated rings. The Kier molecular flexibility index (Phi) is 14.0. The van der Waals surface area contributed by atoms with Crippen molar-refractivity contribution in [1.29, 1.82) is 0 Å². The molecule has 20 rings (SSSR count). The second kappa shape index (κ2) is 23.1. The third-order valence-electron chi connectivity index (χ3n) is 23.4. The van der Waals surface area contributed by atoms with E-state index < -0.39 is 0 Å². The molecule has 102 heavy (non-hydrogen) atoms. The zero-order valence-electron chi connectivity index (χ0n) is 58.2. The summed E-state index contributed by atoms with van der Waals surface area (Å²) < 4.78 is 11.7. The Bertz CT molecular complexity index is 6380. The van der Waals surface area contributed by atoms with Crippen molar-refractivity contribution < 1.29 is 4.42 Å². The Morgan fingerprint density at radius 2 is 0.824 bits per heavy atom. The lowest BCUT2D eigenvalue weighted by atomic mass is 9.54. The van der Waals surface area contributed by atoms with Crippen LogP contribution in [0.3, 0.4) is 0 Å². The Hall–Kier alpha value is -11.4. The van der Waals surface area contributed by atoms with E-state index in [9.17, 15) is 0 Å². The molecule has 5 nitrogen and oxygen atoms in total. The van der Waals surface area contributed by atoms with Crippen molar-refractivity contribution in [3.05, 3.63) is 313 Å². The number of anilines is 3. The monoisotopic (exact) mass is 1350 g/mol. The molecule has 2 aliphatic rings. The number of fused-ring (bicyclic) bond motifs is 21. The topological polar surface area (TPSA) is 55.1 Å². The van der Waals surface area contributed by atoms with Gasteiger partial charge in [0.25, 0.3) is 0 Å². The summed E-state index contributed by atoms with van der Waals surface area (Å²) in [6.07, 6.45) is 0. The fourth-order valence-corrected chi connectivity index (χ4v) is 19.3. The van der Waals surface area contributed by atoms with Gasteiger partial charge in [0.1, 0.15) is 11.2 Å². The SMILES string of the molecule is CC1(C)c2cc3sc4ccc(-c5ccc(-c6nc(-c7ccccc7)nc(-c7ccccc7)n6)cc5)cc4c3cc2-c2ccc3ccccc3c2C1(C)C.CC1(C)c2ccccc2-c2c(c3sc4ccc(N(c5ccccc5)c5ccc6c(c5)oc5ccccc56)cc4c3c3ccccc23)C1(C)C. The van der Waals surface area contributed by atoms with Crippen molar-refractivity contribution in [1.82, 2.24) is 15.0 Å². The first-order valence-electron chi connectivity index (χ1n) is 35.4. The number of nitrogens with zero attached hydrogens (tertiary/aromatic N) is 4. The number of rotatable bonds is 7. The van der Waals surface area contributed by atoms with Crippen molar-refractivity contribution in [2.24, 2.45) is 0 Å². The molecule has 14 aromatic carbocycles. The van der Waals surface area contributed by atoms with Crippen LogP contribution >= 0.6 is 22.7 Å². The van der Waals surface area contributed by atoms with Gasteiger partial charge in [0.2, 0.25) is 0 Å². The van der Waals surface area contributed by atoms with Crippen molar-refractivity contribution in [3.8, 4) is 67.5 Å². The van der Waals surface area contributed by atoms with E-state index in [2.05, 4.69) is 279 Å². The number of hydrogen-bond donors (Lipinski definition) is 0. The molecule has 0 bridgehead atoms. The minimum atomic E-state index is -0.0965. The molecule has 490 valence electrons. The number of benzene rings is 14. The quantitative estimate of drug-likeness (QED) is 0.159. The predicted molar refractivity (Wildman–Crippen MR) is 434 cm³/mol. The van der Waals surface area contributed by atoms with Crippen molar-refractivity contribution >= 4 is 124 Å². The highest BCUT2D eigenvalue weighted by Crippen LogP contribution is 2.61. The molecule has 0 N–H and O–H groups in total. The lowest BCUT2D eigenvalue weighted by molar-refractivity contribution is 0.301. The fourth-order valence-electron chi connectivity index (χ4n) is 16.8. The minimum Gasteiger partial charge on any atom is -0.456 e. The van der Waals surface area contributed by atoms with Gasteiger partial charge in [-0.2, -0.15) is 0 Å². The van der Waals surface area contributed by atoms with Gasteiger partial charge in [-0.25, -0.2) is 15.0 Å². The van der Waals surface area contributed by atoms with Gasteiger partial charge in [-0.1, -0.05) is 268 Å². The Morgan fingerprint density at radius 3 is 1.55 bits per heavy atom. The summed E-state index contributed by atoms with van der Waals surface area (Å²) in [6, 6.07) is 105. The van der Waals surface area contributed by atoms with Crippen LogP contribution in [0.5, 0.6) is 0 Å². The van der Waals surface area contributed by atoms with Crippen LogP contribution in [0.2, 0.25) is 0 Å². The van der Waals surface area contributed by atoms with Gasteiger partial charge < -0.3 is 9.32 Å². The minimum absolute atomic E-state index is 0.0482. The second-order valence-electron chi connectivity index (χ2n) is 29.8. The third kappa shape index (κ3) is 9.44. The van der Waals surface area contributed by atoms with Gasteiger partial charge >= 0.3 is 0 Å². The normalized spacial score (nSPS) is 14.6. The first-order chi connectivity index (χ1) is 49.6. The highest BCUT2D eigenvalue weighted by atomic mass is 32.1. The smallest absolute Gasteiger partial charge is 0.164 e. The van der Waals surface area contributed by atoms with Crippen LogP contribution in [0.4, 0.5) is 17.1 Å². The maximum atomic E-state index is 6.37. The first-order valence-corrected chi connectivity index (χ1v) is 37.0. The number of hydrogen-bond acceptors (Lipinski definition) is 7. The highest BCUT2D eigenvalue weighted by molar-refractivity contribution is 7.26. The summed E-state index contributed by atoms with van der Waals surface area (Å²) in [5, 5.41) is 12.9. The van der Waals surface area contributed by atoms with Crippen LogP contribution in [0, 0.1) is 0 Å². The van der Waals surface area contributed by atoms with Crippen LogP contribution in [-0.4, -0.2) is 15.0 Å². The van der Waals surface area contributed by atoms with Crippen LogP contribution < -0.4 is 4.90 Å². The molecule has 2 aliphatic carbocycles. The van der Waals surface area contributed by atoms with E-state index in [1.807, 2.05) is 95.5 Å².